The van der Waals surface area contributed by atoms with E-state index in [1.165, 1.54) is 36.9 Å². The van der Waals surface area contributed by atoms with Gasteiger partial charge in [-0.15, -0.1) is 0 Å². The maximum atomic E-state index is 13.0. The van der Waals surface area contributed by atoms with Gasteiger partial charge in [-0.05, 0) is 56.2 Å². The molecule has 3 fully saturated rings. The number of pyridine rings is 1. The molecule has 1 aromatic carbocycles. The molecule has 4 aliphatic heterocycles. The smallest absolute Gasteiger partial charge is 0.253 e. The zero-order valence-corrected chi connectivity index (χ0v) is 18.9. The first-order valence-corrected chi connectivity index (χ1v) is 12.5. The van der Waals surface area contributed by atoms with Crippen LogP contribution < -0.4 is 25.6 Å². The Hall–Kier alpha value is -2.80. The van der Waals surface area contributed by atoms with Crippen molar-refractivity contribution in [2.45, 2.75) is 62.1 Å². The number of benzene rings is 1. The number of anilines is 2. The molecule has 1 aliphatic carbocycles. The summed E-state index contributed by atoms with van der Waals surface area (Å²) in [6.45, 7) is 3.61. The average Bonchev–Trinajstić information content (AvgIpc) is 3.54. The van der Waals surface area contributed by atoms with E-state index in [-0.39, 0.29) is 17.4 Å². The number of nitrogens with zero attached hydrogens (tertiary/aromatic N) is 2. The van der Waals surface area contributed by atoms with E-state index in [4.69, 9.17) is 4.74 Å². The molecule has 3 atom stereocenters. The van der Waals surface area contributed by atoms with Crippen molar-refractivity contribution in [2.24, 2.45) is 0 Å². The Morgan fingerprint density at radius 3 is 2.82 bits per heavy atom. The highest BCUT2D eigenvalue weighted by molar-refractivity contribution is 5.94. The van der Waals surface area contributed by atoms with E-state index in [2.05, 4.69) is 50.1 Å². The standard InChI is InChI=1S/C26H31N5O2/c32-25(17-10-22-24(28-12-17)27-8-7-26(22)5-6-26)30-20-9-16-1-4-21(11-23(16)33-15-20)31-13-18-2-3-19(14-31)29-18/h1,4,10-12,18-20,29H,2-3,5-9,13-15H2,(H,27,28)(H,30,32)/t18?,19?,20-/m1/s1. The molecular weight excluding hydrogens is 414 g/mol. The fourth-order valence-electron chi connectivity index (χ4n) is 6.29. The van der Waals surface area contributed by atoms with Crippen molar-refractivity contribution in [3.63, 3.8) is 0 Å². The number of carbonyl (C=O) groups excluding carboxylic acids is 1. The Morgan fingerprint density at radius 2 is 2.00 bits per heavy atom. The summed E-state index contributed by atoms with van der Waals surface area (Å²) in [5.74, 6) is 1.86. The van der Waals surface area contributed by atoms with Crippen LogP contribution in [0.1, 0.15) is 53.6 Å². The summed E-state index contributed by atoms with van der Waals surface area (Å²) in [5.41, 5.74) is 4.55. The van der Waals surface area contributed by atoms with Crippen LogP contribution >= 0.6 is 0 Å². The molecule has 5 aliphatic rings. The Kier molecular flexibility index (Phi) is 4.38. The molecule has 2 unspecified atom stereocenters. The van der Waals surface area contributed by atoms with Crippen molar-refractivity contribution in [1.82, 2.24) is 15.6 Å². The molecule has 1 saturated carbocycles. The van der Waals surface area contributed by atoms with Crippen molar-refractivity contribution in [3.05, 3.63) is 47.2 Å². The molecule has 0 radical (unpaired) electrons. The molecule has 172 valence electrons. The highest BCUT2D eigenvalue weighted by Crippen LogP contribution is 2.54. The number of hydrogen-bond acceptors (Lipinski definition) is 6. The third-order valence-corrected chi connectivity index (χ3v) is 8.34. The van der Waals surface area contributed by atoms with Gasteiger partial charge in [0.05, 0.1) is 11.6 Å². The lowest BCUT2D eigenvalue weighted by atomic mass is 9.89. The summed E-state index contributed by atoms with van der Waals surface area (Å²) >= 11 is 0. The second-order valence-electron chi connectivity index (χ2n) is 10.6. The molecule has 3 N–H and O–H groups in total. The summed E-state index contributed by atoms with van der Waals surface area (Å²) in [5, 5.41) is 10.3. The van der Waals surface area contributed by atoms with Gasteiger partial charge in [0.25, 0.3) is 5.91 Å². The minimum atomic E-state index is -0.0587. The van der Waals surface area contributed by atoms with Crippen LogP contribution in [-0.2, 0) is 11.8 Å². The highest BCUT2D eigenvalue weighted by atomic mass is 16.5. The van der Waals surface area contributed by atoms with E-state index in [1.54, 1.807) is 6.20 Å². The van der Waals surface area contributed by atoms with Gasteiger partial charge in [-0.3, -0.25) is 4.79 Å². The quantitative estimate of drug-likeness (QED) is 0.674. The van der Waals surface area contributed by atoms with Crippen molar-refractivity contribution in [1.29, 1.82) is 0 Å². The van der Waals surface area contributed by atoms with Gasteiger partial charge >= 0.3 is 0 Å². The number of hydrogen-bond donors (Lipinski definition) is 3. The number of fused-ring (bicyclic) bond motifs is 5. The number of piperazine rings is 1. The average molecular weight is 446 g/mol. The summed E-state index contributed by atoms with van der Waals surface area (Å²) in [4.78, 5) is 20.1. The number of aromatic nitrogens is 1. The number of rotatable bonds is 3. The van der Waals surface area contributed by atoms with Crippen LogP contribution in [0.25, 0.3) is 0 Å². The predicted molar refractivity (Wildman–Crippen MR) is 127 cm³/mol. The molecule has 7 rings (SSSR count). The Morgan fingerprint density at radius 1 is 1.15 bits per heavy atom. The fraction of sp³-hybridized carbons (Fsp3) is 0.538. The molecule has 1 amide bonds. The summed E-state index contributed by atoms with van der Waals surface area (Å²) in [6.07, 6.45) is 8.60. The Labute approximate surface area is 194 Å². The van der Waals surface area contributed by atoms with Crippen LogP contribution in [0, 0.1) is 0 Å². The monoisotopic (exact) mass is 445 g/mol. The molecular formula is C26H31N5O2. The molecule has 2 saturated heterocycles. The third kappa shape index (κ3) is 3.44. The first kappa shape index (κ1) is 19.6. The SMILES string of the molecule is O=C(N[C@H]1COc2cc(N3CC4CCC(C3)N4)ccc2C1)c1cnc2c(c1)C1(CCN2)CC1. The topological polar surface area (TPSA) is 78.5 Å². The molecule has 5 heterocycles. The Balaban J connectivity index is 1.04. The van der Waals surface area contributed by atoms with Crippen LogP contribution in [0.2, 0.25) is 0 Å². The molecule has 7 heteroatoms. The number of ether oxygens (including phenoxy) is 1. The maximum Gasteiger partial charge on any atom is 0.253 e. The van der Waals surface area contributed by atoms with Crippen LogP contribution in [-0.4, -0.2) is 55.3 Å². The molecule has 1 aromatic heterocycles. The highest BCUT2D eigenvalue weighted by Gasteiger charge is 2.47. The predicted octanol–water partition coefficient (Wildman–Crippen LogP) is 2.60. The van der Waals surface area contributed by atoms with Crippen molar-refractivity contribution < 1.29 is 9.53 Å². The molecule has 1 spiro atoms. The van der Waals surface area contributed by atoms with E-state index in [0.717, 1.165) is 49.6 Å². The zero-order valence-electron chi connectivity index (χ0n) is 18.9. The number of carbonyl (C=O) groups is 1. The molecule has 2 bridgehead atoms. The van der Waals surface area contributed by atoms with Crippen molar-refractivity contribution in [2.75, 3.05) is 36.5 Å². The lowest BCUT2D eigenvalue weighted by Crippen LogP contribution is -2.51. The van der Waals surface area contributed by atoms with Crippen LogP contribution in [0.15, 0.2) is 30.5 Å². The summed E-state index contributed by atoms with van der Waals surface area (Å²) < 4.78 is 6.12. The van der Waals surface area contributed by atoms with Gasteiger partial charge in [-0.2, -0.15) is 0 Å². The molecule has 7 nitrogen and oxygen atoms in total. The largest absolute Gasteiger partial charge is 0.491 e. The van der Waals surface area contributed by atoms with Gasteiger partial charge in [-0.25, -0.2) is 4.98 Å². The number of nitrogens with one attached hydrogen (secondary N) is 3. The normalized spacial score (nSPS) is 28.4. The minimum Gasteiger partial charge on any atom is -0.491 e. The van der Waals surface area contributed by atoms with Gasteiger partial charge in [0, 0.05) is 60.6 Å². The van der Waals surface area contributed by atoms with E-state index in [0.29, 0.717) is 24.3 Å². The van der Waals surface area contributed by atoms with E-state index >= 15 is 0 Å². The first-order valence-electron chi connectivity index (χ1n) is 12.5. The lowest BCUT2D eigenvalue weighted by Gasteiger charge is -2.35. The van der Waals surface area contributed by atoms with Gasteiger partial charge in [-0.1, -0.05) is 6.07 Å². The first-order chi connectivity index (χ1) is 16.1. The second-order valence-corrected chi connectivity index (χ2v) is 10.6. The number of amides is 1. The molecule has 2 aromatic rings. The van der Waals surface area contributed by atoms with Gasteiger partial charge in [0.15, 0.2) is 0 Å². The summed E-state index contributed by atoms with van der Waals surface area (Å²) in [7, 11) is 0. The lowest BCUT2D eigenvalue weighted by molar-refractivity contribution is 0.0915. The van der Waals surface area contributed by atoms with E-state index in [1.807, 2.05) is 0 Å². The third-order valence-electron chi connectivity index (χ3n) is 8.34. The van der Waals surface area contributed by atoms with Gasteiger partial charge in [0.1, 0.15) is 18.2 Å². The van der Waals surface area contributed by atoms with Crippen molar-refractivity contribution in [3.8, 4) is 5.75 Å². The van der Waals surface area contributed by atoms with E-state index in [9.17, 15) is 4.79 Å². The van der Waals surface area contributed by atoms with Crippen LogP contribution in [0.4, 0.5) is 11.5 Å². The van der Waals surface area contributed by atoms with E-state index < -0.39 is 0 Å². The molecule has 33 heavy (non-hydrogen) atoms. The zero-order chi connectivity index (χ0) is 22.0. The van der Waals surface area contributed by atoms with Gasteiger partial charge in [0.2, 0.25) is 0 Å². The van der Waals surface area contributed by atoms with Crippen LogP contribution in [0.5, 0.6) is 5.75 Å². The second kappa shape index (κ2) is 7.35. The fourth-order valence-corrected chi connectivity index (χ4v) is 6.29. The van der Waals surface area contributed by atoms with Crippen molar-refractivity contribution >= 4 is 17.4 Å². The summed E-state index contributed by atoms with van der Waals surface area (Å²) in [6, 6.07) is 9.83. The minimum absolute atomic E-state index is 0.0325. The maximum absolute atomic E-state index is 13.0. The van der Waals surface area contributed by atoms with Crippen LogP contribution in [0.3, 0.4) is 0 Å². The Bertz CT molecular complexity index is 1100. The van der Waals surface area contributed by atoms with Gasteiger partial charge < -0.3 is 25.6 Å².